The van der Waals surface area contributed by atoms with Gasteiger partial charge in [0.25, 0.3) is 0 Å². The van der Waals surface area contributed by atoms with E-state index in [0.717, 1.165) is 10.0 Å². The second-order valence-corrected chi connectivity index (χ2v) is 3.66. The molecule has 0 spiro atoms. The average Bonchev–Trinajstić information content (AvgIpc) is 2.04. The Bertz CT molecular complexity index is 334. The first-order chi connectivity index (χ1) is 6.15. The van der Waals surface area contributed by atoms with Gasteiger partial charge in [-0.15, -0.1) is 0 Å². The van der Waals surface area contributed by atoms with Crippen LogP contribution in [0, 0.1) is 5.82 Å². The van der Waals surface area contributed by atoms with E-state index < -0.39 is 0 Å². The Morgan fingerprint density at radius 1 is 1.62 bits per heavy atom. The predicted molar refractivity (Wildman–Crippen MR) is 56.8 cm³/mol. The highest BCUT2D eigenvalue weighted by atomic mass is 79.9. The quantitative estimate of drug-likeness (QED) is 0.850. The highest BCUT2D eigenvalue weighted by Gasteiger charge is 2.03. The molecule has 0 aliphatic rings. The van der Waals surface area contributed by atoms with Crippen molar-refractivity contribution in [2.45, 2.75) is 6.92 Å². The number of nitrogens with two attached hydrogens (primary N) is 1. The second kappa shape index (κ2) is 4.53. The first kappa shape index (κ1) is 10.4. The van der Waals surface area contributed by atoms with Crippen LogP contribution in [0.2, 0.25) is 0 Å². The van der Waals surface area contributed by atoms with Gasteiger partial charge in [0.05, 0.1) is 0 Å². The number of hydrogen-bond donors (Lipinski definition) is 1. The zero-order valence-corrected chi connectivity index (χ0v) is 8.94. The standard InChI is InChI=1S/C10H11BrFN/c1-7(4-5-13)9-3-2-8(11)6-10(9)12/h2-4,6H,5,13H2,1H3/b7-4-. The Balaban J connectivity index is 3.09. The van der Waals surface area contributed by atoms with Gasteiger partial charge in [0.2, 0.25) is 0 Å². The largest absolute Gasteiger partial charge is 0.327 e. The van der Waals surface area contributed by atoms with Crippen molar-refractivity contribution >= 4 is 21.5 Å². The van der Waals surface area contributed by atoms with Crippen LogP contribution < -0.4 is 5.73 Å². The topological polar surface area (TPSA) is 26.0 Å². The SMILES string of the molecule is C/C(=C/CN)c1ccc(Br)cc1F. The highest BCUT2D eigenvalue weighted by molar-refractivity contribution is 9.10. The molecule has 1 nitrogen and oxygen atoms in total. The van der Waals surface area contributed by atoms with E-state index in [9.17, 15) is 4.39 Å². The molecular formula is C10H11BrFN. The molecule has 0 fully saturated rings. The van der Waals surface area contributed by atoms with E-state index in [1.807, 2.05) is 13.0 Å². The van der Waals surface area contributed by atoms with E-state index in [1.54, 1.807) is 12.1 Å². The van der Waals surface area contributed by atoms with Crippen LogP contribution in [-0.4, -0.2) is 6.54 Å². The van der Waals surface area contributed by atoms with Gasteiger partial charge < -0.3 is 5.73 Å². The Hall–Kier alpha value is -0.670. The fourth-order valence-electron chi connectivity index (χ4n) is 1.10. The van der Waals surface area contributed by atoms with Gasteiger partial charge in [-0.25, -0.2) is 4.39 Å². The van der Waals surface area contributed by atoms with Crippen molar-refractivity contribution in [2.75, 3.05) is 6.54 Å². The molecule has 0 atom stereocenters. The third-order valence-electron chi connectivity index (χ3n) is 1.78. The molecule has 0 aromatic heterocycles. The third kappa shape index (κ3) is 2.64. The fourth-order valence-corrected chi connectivity index (χ4v) is 1.43. The zero-order valence-electron chi connectivity index (χ0n) is 7.35. The summed E-state index contributed by atoms with van der Waals surface area (Å²) < 4.78 is 14.1. The molecule has 0 bridgehead atoms. The van der Waals surface area contributed by atoms with Gasteiger partial charge in [-0.1, -0.05) is 28.1 Å². The minimum absolute atomic E-state index is 0.225. The van der Waals surface area contributed by atoms with Crippen LogP contribution in [0.3, 0.4) is 0 Å². The molecule has 1 aromatic carbocycles. The number of benzene rings is 1. The van der Waals surface area contributed by atoms with Crippen LogP contribution >= 0.6 is 15.9 Å². The lowest BCUT2D eigenvalue weighted by Crippen LogP contribution is -1.95. The lowest BCUT2D eigenvalue weighted by Gasteiger charge is -2.03. The molecule has 0 amide bonds. The Labute approximate surface area is 85.6 Å². The highest BCUT2D eigenvalue weighted by Crippen LogP contribution is 2.21. The monoisotopic (exact) mass is 243 g/mol. The van der Waals surface area contributed by atoms with Crippen LogP contribution in [-0.2, 0) is 0 Å². The van der Waals surface area contributed by atoms with Gasteiger partial charge >= 0.3 is 0 Å². The number of rotatable bonds is 2. The molecule has 13 heavy (non-hydrogen) atoms. The van der Waals surface area contributed by atoms with E-state index in [1.165, 1.54) is 6.07 Å². The maximum atomic E-state index is 13.3. The van der Waals surface area contributed by atoms with E-state index in [-0.39, 0.29) is 5.82 Å². The molecule has 0 saturated carbocycles. The first-order valence-electron chi connectivity index (χ1n) is 3.97. The van der Waals surface area contributed by atoms with Crippen molar-refractivity contribution in [3.8, 4) is 0 Å². The van der Waals surface area contributed by atoms with Crippen LogP contribution in [0.5, 0.6) is 0 Å². The number of allylic oxidation sites excluding steroid dienone is 1. The lowest BCUT2D eigenvalue weighted by atomic mass is 10.1. The Morgan fingerprint density at radius 2 is 2.31 bits per heavy atom. The zero-order chi connectivity index (χ0) is 9.84. The van der Waals surface area contributed by atoms with Crippen molar-refractivity contribution in [1.82, 2.24) is 0 Å². The molecular weight excluding hydrogens is 233 g/mol. The molecule has 0 unspecified atom stereocenters. The lowest BCUT2D eigenvalue weighted by molar-refractivity contribution is 0.623. The summed E-state index contributed by atoms with van der Waals surface area (Å²) in [5.41, 5.74) is 6.81. The molecule has 3 heteroatoms. The normalized spacial score (nSPS) is 11.8. The predicted octanol–water partition coefficient (Wildman–Crippen LogP) is 2.95. The minimum atomic E-state index is -0.225. The molecule has 0 heterocycles. The summed E-state index contributed by atoms with van der Waals surface area (Å²) in [7, 11) is 0. The first-order valence-corrected chi connectivity index (χ1v) is 4.76. The van der Waals surface area contributed by atoms with E-state index in [2.05, 4.69) is 15.9 Å². The number of hydrogen-bond acceptors (Lipinski definition) is 1. The van der Waals surface area contributed by atoms with Crippen molar-refractivity contribution in [1.29, 1.82) is 0 Å². The van der Waals surface area contributed by atoms with Gasteiger partial charge in [0, 0.05) is 16.6 Å². The van der Waals surface area contributed by atoms with Gasteiger partial charge in [0.1, 0.15) is 5.82 Å². The maximum absolute atomic E-state index is 13.3. The molecule has 0 radical (unpaired) electrons. The summed E-state index contributed by atoms with van der Waals surface area (Å²) in [6.45, 7) is 2.28. The van der Waals surface area contributed by atoms with Gasteiger partial charge in [-0.3, -0.25) is 0 Å². The fraction of sp³-hybridized carbons (Fsp3) is 0.200. The van der Waals surface area contributed by atoms with Crippen LogP contribution in [0.4, 0.5) is 4.39 Å². The Kier molecular flexibility index (Phi) is 3.63. The molecule has 0 aliphatic heterocycles. The summed E-state index contributed by atoms with van der Waals surface area (Å²) in [5.74, 6) is -0.225. The minimum Gasteiger partial charge on any atom is -0.327 e. The van der Waals surface area contributed by atoms with Crippen molar-refractivity contribution < 1.29 is 4.39 Å². The average molecular weight is 244 g/mol. The van der Waals surface area contributed by atoms with E-state index in [0.29, 0.717) is 12.1 Å². The molecule has 70 valence electrons. The summed E-state index contributed by atoms with van der Waals surface area (Å²) in [6, 6.07) is 5.00. The molecule has 2 N–H and O–H groups in total. The summed E-state index contributed by atoms with van der Waals surface area (Å²) in [5, 5.41) is 0. The molecule has 1 rings (SSSR count). The van der Waals surface area contributed by atoms with Crippen molar-refractivity contribution in [3.05, 3.63) is 40.1 Å². The number of halogens is 2. The smallest absolute Gasteiger partial charge is 0.131 e. The van der Waals surface area contributed by atoms with Crippen molar-refractivity contribution in [2.24, 2.45) is 5.73 Å². The van der Waals surface area contributed by atoms with Gasteiger partial charge in [-0.05, 0) is 24.6 Å². The van der Waals surface area contributed by atoms with Crippen LogP contribution in [0.15, 0.2) is 28.7 Å². The Morgan fingerprint density at radius 3 is 2.85 bits per heavy atom. The van der Waals surface area contributed by atoms with Gasteiger partial charge in [0.15, 0.2) is 0 Å². The third-order valence-corrected chi connectivity index (χ3v) is 2.27. The van der Waals surface area contributed by atoms with E-state index >= 15 is 0 Å². The van der Waals surface area contributed by atoms with Crippen LogP contribution in [0.25, 0.3) is 5.57 Å². The molecule has 0 saturated heterocycles. The van der Waals surface area contributed by atoms with Crippen molar-refractivity contribution in [3.63, 3.8) is 0 Å². The second-order valence-electron chi connectivity index (χ2n) is 2.75. The summed E-state index contributed by atoms with van der Waals surface area (Å²) in [4.78, 5) is 0. The molecule has 1 aromatic rings. The van der Waals surface area contributed by atoms with Gasteiger partial charge in [-0.2, -0.15) is 0 Å². The maximum Gasteiger partial charge on any atom is 0.131 e. The van der Waals surface area contributed by atoms with Crippen LogP contribution in [0.1, 0.15) is 12.5 Å². The summed E-state index contributed by atoms with van der Waals surface area (Å²) >= 11 is 3.20. The summed E-state index contributed by atoms with van der Waals surface area (Å²) in [6.07, 6.45) is 1.80. The molecule has 0 aliphatic carbocycles. The van der Waals surface area contributed by atoms with E-state index in [4.69, 9.17) is 5.73 Å².